The van der Waals surface area contributed by atoms with Crippen LogP contribution in [0.4, 0.5) is 4.79 Å². The highest BCUT2D eigenvalue weighted by atomic mass is 16.6. The van der Waals surface area contributed by atoms with E-state index in [0.717, 1.165) is 121 Å². The summed E-state index contributed by atoms with van der Waals surface area (Å²) in [5.41, 5.74) is 1.84. The van der Waals surface area contributed by atoms with E-state index in [1.165, 1.54) is 12.7 Å². The highest BCUT2D eigenvalue weighted by Crippen LogP contribution is 2.44. The van der Waals surface area contributed by atoms with Gasteiger partial charge in [-0.3, -0.25) is 9.69 Å². The number of hydrogen-bond donors (Lipinski definition) is 0. The van der Waals surface area contributed by atoms with Crippen LogP contribution in [0.5, 0.6) is 0 Å². The van der Waals surface area contributed by atoms with Crippen LogP contribution in [0.25, 0.3) is 0 Å². The second kappa shape index (κ2) is 13.8. The van der Waals surface area contributed by atoms with Gasteiger partial charge in [0, 0.05) is 70.2 Å². The van der Waals surface area contributed by atoms with Gasteiger partial charge in [-0.15, -0.1) is 0 Å². The van der Waals surface area contributed by atoms with Crippen LogP contribution in [0.2, 0.25) is 0 Å². The molecule has 1 aromatic heterocycles. The zero-order valence-corrected chi connectivity index (χ0v) is 27.4. The van der Waals surface area contributed by atoms with E-state index in [-0.39, 0.29) is 23.1 Å². The van der Waals surface area contributed by atoms with Crippen LogP contribution in [0.15, 0.2) is 6.33 Å². The molecule has 3 saturated heterocycles. The van der Waals surface area contributed by atoms with Crippen LogP contribution in [-0.4, -0.2) is 99.8 Å². The first-order chi connectivity index (χ1) is 20.7. The summed E-state index contributed by atoms with van der Waals surface area (Å²) in [5, 5.41) is 0. The summed E-state index contributed by atoms with van der Waals surface area (Å²) >= 11 is 0. The van der Waals surface area contributed by atoms with Crippen LogP contribution in [-0.2, 0) is 9.47 Å². The Kier molecular flexibility index (Phi) is 10.3. The molecule has 1 unspecified atom stereocenters. The minimum absolute atomic E-state index is 0.0413. The lowest BCUT2D eigenvalue weighted by Gasteiger charge is -2.55. The summed E-state index contributed by atoms with van der Waals surface area (Å²) in [6.45, 7) is 16.2. The molecule has 43 heavy (non-hydrogen) atoms. The van der Waals surface area contributed by atoms with Crippen LogP contribution >= 0.6 is 0 Å². The van der Waals surface area contributed by atoms with Crippen molar-refractivity contribution < 1.29 is 19.1 Å². The maximum Gasteiger partial charge on any atom is 0.410 e. The molecule has 2 amide bonds. The summed E-state index contributed by atoms with van der Waals surface area (Å²) < 4.78 is 12.3. The summed E-state index contributed by atoms with van der Waals surface area (Å²) in [4.78, 5) is 42.0. The number of nitrogens with zero attached hydrogens (tertiary/aromatic N) is 5. The number of aromatic nitrogens is 2. The zero-order chi connectivity index (χ0) is 30.6. The monoisotopic (exact) mass is 597 g/mol. The van der Waals surface area contributed by atoms with E-state index in [4.69, 9.17) is 9.47 Å². The van der Waals surface area contributed by atoms with E-state index in [1.54, 1.807) is 0 Å². The number of likely N-dealkylation sites (tertiary alicyclic amines) is 2. The average molecular weight is 598 g/mol. The summed E-state index contributed by atoms with van der Waals surface area (Å²) in [6, 6.07) is 0. The molecule has 9 heteroatoms. The third kappa shape index (κ3) is 7.03. The molecule has 0 bridgehead atoms. The number of ether oxygens (including phenoxy) is 2. The molecule has 9 nitrogen and oxygen atoms in total. The molecular formula is C34H55N5O4. The number of aryl methyl sites for hydroxylation is 2. The van der Waals surface area contributed by atoms with Gasteiger partial charge in [-0.25, -0.2) is 14.8 Å². The van der Waals surface area contributed by atoms with Crippen molar-refractivity contribution in [1.29, 1.82) is 0 Å². The lowest BCUT2D eigenvalue weighted by atomic mass is 9.74. The minimum atomic E-state index is -0.346. The Labute approximate surface area is 259 Å². The van der Waals surface area contributed by atoms with Gasteiger partial charge in [-0.05, 0) is 78.6 Å². The Morgan fingerprint density at radius 3 is 2.26 bits per heavy atom. The van der Waals surface area contributed by atoms with Gasteiger partial charge in [0.2, 0.25) is 0 Å². The molecule has 0 radical (unpaired) electrons. The normalized spacial score (nSPS) is 27.7. The Morgan fingerprint density at radius 2 is 1.65 bits per heavy atom. The smallest absolute Gasteiger partial charge is 0.410 e. The molecule has 1 aliphatic carbocycles. The maximum atomic E-state index is 13.5. The second-order valence-electron chi connectivity index (χ2n) is 14.0. The molecule has 5 rings (SSSR count). The lowest BCUT2D eigenvalue weighted by molar-refractivity contribution is -0.135. The van der Waals surface area contributed by atoms with Crippen LogP contribution in [0, 0.1) is 25.7 Å². The van der Waals surface area contributed by atoms with E-state index < -0.39 is 0 Å². The molecule has 1 saturated carbocycles. The number of unbranched alkanes of at least 4 members (excludes halogenated alkanes) is 1. The summed E-state index contributed by atoms with van der Waals surface area (Å²) in [5.74, 6) is 0.987. The predicted octanol–water partition coefficient (Wildman–Crippen LogP) is 5.78. The Bertz CT molecular complexity index is 1080. The molecule has 240 valence electrons. The highest BCUT2D eigenvalue weighted by molar-refractivity contribution is 5.96. The average Bonchev–Trinajstić information content (AvgIpc) is 2.99. The Morgan fingerprint density at radius 1 is 1.00 bits per heavy atom. The van der Waals surface area contributed by atoms with Crippen molar-refractivity contribution in [1.82, 2.24) is 24.7 Å². The number of carbonyl (C=O) groups is 2. The van der Waals surface area contributed by atoms with Crippen LogP contribution in [0.3, 0.4) is 0 Å². The van der Waals surface area contributed by atoms with Gasteiger partial charge in [0.1, 0.15) is 11.9 Å². The first kappa shape index (κ1) is 32.1. The molecule has 3 aliphatic heterocycles. The van der Waals surface area contributed by atoms with Gasteiger partial charge < -0.3 is 19.3 Å². The van der Waals surface area contributed by atoms with Gasteiger partial charge in [0.05, 0.1) is 23.1 Å². The Balaban J connectivity index is 1.17. The third-order valence-electron chi connectivity index (χ3n) is 11.3. The number of piperidine rings is 2. The number of amides is 2. The van der Waals surface area contributed by atoms with Gasteiger partial charge in [0.15, 0.2) is 0 Å². The summed E-state index contributed by atoms with van der Waals surface area (Å²) in [7, 11) is 0. The quantitative estimate of drug-likeness (QED) is 0.357. The van der Waals surface area contributed by atoms with Crippen molar-refractivity contribution in [3.8, 4) is 0 Å². The second-order valence-corrected chi connectivity index (χ2v) is 14.0. The molecule has 4 fully saturated rings. The van der Waals surface area contributed by atoms with Gasteiger partial charge >= 0.3 is 6.09 Å². The fraction of sp³-hybridized carbons (Fsp3) is 0.824. The van der Waals surface area contributed by atoms with E-state index in [9.17, 15) is 9.59 Å². The standard InChI is InChI=1S/C34H55N5O4/c1-6-8-9-28-23-38(22-27-10-12-29(13-11-27)42-7-2)32(41)43-34(28)16-20-39(21-17-34)33(5)14-18-37(19-15-33)31(40)30-25(3)35-24-36-26(30)4/h24,27-29H,6-23H2,1-5H3/t27-,28?,29-. The SMILES string of the molecule is CCCCC1CN(C[C@H]2CC[C@H](OCC)CC2)C(=O)OC12CCN(C1(C)CCN(C(=O)c3c(C)ncnc3C)CC1)CC2. The molecule has 1 spiro atoms. The maximum absolute atomic E-state index is 13.5. The third-order valence-corrected chi connectivity index (χ3v) is 11.3. The van der Waals surface area contributed by atoms with E-state index in [0.29, 0.717) is 23.5 Å². The Hall–Kier alpha value is -2.26. The van der Waals surface area contributed by atoms with Crippen molar-refractivity contribution in [2.24, 2.45) is 11.8 Å². The van der Waals surface area contributed by atoms with Crippen LogP contribution in [0.1, 0.15) is 113 Å². The number of hydrogen-bond acceptors (Lipinski definition) is 7. The van der Waals surface area contributed by atoms with Crippen molar-refractivity contribution >= 4 is 12.0 Å². The molecule has 4 heterocycles. The molecule has 0 aromatic carbocycles. The first-order valence-corrected chi connectivity index (χ1v) is 17.1. The molecular weight excluding hydrogens is 542 g/mol. The molecule has 1 atom stereocenters. The molecule has 1 aromatic rings. The fourth-order valence-electron chi connectivity index (χ4n) is 8.31. The topological polar surface area (TPSA) is 88.1 Å². The lowest BCUT2D eigenvalue weighted by Crippen LogP contribution is -2.64. The summed E-state index contributed by atoms with van der Waals surface area (Å²) in [6.07, 6.45) is 13.4. The van der Waals surface area contributed by atoms with E-state index in [1.807, 2.05) is 23.6 Å². The van der Waals surface area contributed by atoms with Gasteiger partial charge in [-0.1, -0.05) is 19.8 Å². The van der Waals surface area contributed by atoms with Gasteiger partial charge in [-0.2, -0.15) is 0 Å². The molecule has 4 aliphatic rings. The highest BCUT2D eigenvalue weighted by Gasteiger charge is 2.51. The number of carbonyl (C=O) groups excluding carboxylic acids is 2. The first-order valence-electron chi connectivity index (χ1n) is 17.1. The van der Waals surface area contributed by atoms with E-state index in [2.05, 4.69) is 35.6 Å². The zero-order valence-electron chi connectivity index (χ0n) is 27.4. The predicted molar refractivity (Wildman–Crippen MR) is 167 cm³/mol. The minimum Gasteiger partial charge on any atom is -0.442 e. The van der Waals surface area contributed by atoms with Crippen molar-refractivity contribution in [2.45, 2.75) is 122 Å². The van der Waals surface area contributed by atoms with Crippen molar-refractivity contribution in [3.05, 3.63) is 23.3 Å². The van der Waals surface area contributed by atoms with Crippen molar-refractivity contribution in [2.75, 3.05) is 45.9 Å². The fourth-order valence-corrected chi connectivity index (χ4v) is 8.31. The largest absolute Gasteiger partial charge is 0.442 e. The van der Waals surface area contributed by atoms with Crippen molar-refractivity contribution in [3.63, 3.8) is 0 Å². The number of rotatable bonds is 9. The molecule has 0 N–H and O–H groups in total. The van der Waals surface area contributed by atoms with E-state index >= 15 is 0 Å². The van der Waals surface area contributed by atoms with Gasteiger partial charge in [0.25, 0.3) is 5.91 Å². The van der Waals surface area contributed by atoms with Crippen LogP contribution < -0.4 is 0 Å².